The minimum absolute atomic E-state index is 0.289. The molecule has 1 heterocycles. The molecule has 112 valence electrons. The van der Waals surface area contributed by atoms with E-state index in [1.54, 1.807) is 11.1 Å². The summed E-state index contributed by atoms with van der Waals surface area (Å²) in [6.07, 6.45) is 2.50. The van der Waals surface area contributed by atoms with Crippen molar-refractivity contribution in [1.29, 1.82) is 0 Å². The number of allylic oxidation sites excluding steroid dienone is 1. The number of likely N-dealkylation sites (tertiary alicyclic amines) is 1. The second kappa shape index (κ2) is 5.24. The molecule has 0 unspecified atom stereocenters. The highest BCUT2D eigenvalue weighted by Gasteiger charge is 2.33. The van der Waals surface area contributed by atoms with E-state index in [0.29, 0.717) is 5.54 Å². The third-order valence-electron chi connectivity index (χ3n) is 4.17. The zero-order chi connectivity index (χ0) is 15.1. The molecule has 0 aliphatic carbocycles. The molecule has 1 heteroatoms. The molecule has 0 amide bonds. The molecule has 1 rings (SSSR count). The first-order valence-electron chi connectivity index (χ1n) is 7.81. The van der Waals surface area contributed by atoms with E-state index >= 15 is 0 Å². The SMILES string of the molecule is CC(C)(C)C(=C1CCN(C(C)(C)C)CC1)C(C)(C)C. The topological polar surface area (TPSA) is 3.24 Å². The largest absolute Gasteiger partial charge is 0.298 e. The summed E-state index contributed by atoms with van der Waals surface area (Å²) < 4.78 is 0. The zero-order valence-electron chi connectivity index (χ0n) is 14.8. The van der Waals surface area contributed by atoms with Crippen molar-refractivity contribution in [2.24, 2.45) is 10.8 Å². The smallest absolute Gasteiger partial charge is 0.0125 e. The van der Waals surface area contributed by atoms with E-state index in [2.05, 4.69) is 67.2 Å². The van der Waals surface area contributed by atoms with Crippen LogP contribution in [0.3, 0.4) is 0 Å². The molecule has 0 aromatic carbocycles. The van der Waals surface area contributed by atoms with Crippen molar-refractivity contribution in [1.82, 2.24) is 4.90 Å². The summed E-state index contributed by atoms with van der Waals surface area (Å²) in [5, 5.41) is 0. The number of nitrogens with zero attached hydrogens (tertiary/aromatic N) is 1. The molecule has 0 atom stereocenters. The summed E-state index contributed by atoms with van der Waals surface area (Å²) in [5.74, 6) is 0. The van der Waals surface area contributed by atoms with Crippen LogP contribution in [0.5, 0.6) is 0 Å². The first-order valence-corrected chi connectivity index (χ1v) is 7.81. The van der Waals surface area contributed by atoms with Gasteiger partial charge in [-0.05, 0) is 44.4 Å². The van der Waals surface area contributed by atoms with Crippen LogP contribution >= 0.6 is 0 Å². The Morgan fingerprint density at radius 1 is 0.737 bits per heavy atom. The lowest BCUT2D eigenvalue weighted by Gasteiger charge is -2.43. The van der Waals surface area contributed by atoms with E-state index in [9.17, 15) is 0 Å². The third kappa shape index (κ3) is 4.34. The van der Waals surface area contributed by atoms with Gasteiger partial charge in [0.1, 0.15) is 0 Å². The molecule has 0 bridgehead atoms. The van der Waals surface area contributed by atoms with Crippen LogP contribution in [-0.2, 0) is 0 Å². The monoisotopic (exact) mass is 265 g/mol. The second-order valence-electron chi connectivity index (χ2n) is 9.14. The minimum atomic E-state index is 0.289. The van der Waals surface area contributed by atoms with Crippen LogP contribution in [0.1, 0.15) is 75.2 Å². The van der Waals surface area contributed by atoms with E-state index in [0.717, 1.165) is 0 Å². The molecule has 1 nitrogen and oxygen atoms in total. The Morgan fingerprint density at radius 3 is 1.37 bits per heavy atom. The van der Waals surface area contributed by atoms with Gasteiger partial charge in [0, 0.05) is 18.6 Å². The summed E-state index contributed by atoms with van der Waals surface area (Å²) in [4.78, 5) is 2.62. The predicted octanol–water partition coefficient (Wildman–Crippen LogP) is 5.27. The Bertz CT molecular complexity index is 315. The van der Waals surface area contributed by atoms with Crippen LogP contribution in [0.2, 0.25) is 0 Å². The highest BCUT2D eigenvalue weighted by atomic mass is 15.2. The van der Waals surface area contributed by atoms with Gasteiger partial charge in [-0.15, -0.1) is 0 Å². The van der Waals surface area contributed by atoms with E-state index in [1.165, 1.54) is 25.9 Å². The number of hydrogen-bond acceptors (Lipinski definition) is 1. The standard InChI is InChI=1S/C18H35N/c1-16(2,3)15(17(4,5)6)14-10-12-19(13-11-14)18(7,8)9/h10-13H2,1-9H3. The molecule has 0 aromatic rings. The molecule has 1 aliphatic heterocycles. The Morgan fingerprint density at radius 2 is 1.11 bits per heavy atom. The molecule has 0 spiro atoms. The van der Waals surface area contributed by atoms with Crippen molar-refractivity contribution < 1.29 is 0 Å². The fourth-order valence-electron chi connectivity index (χ4n) is 3.88. The van der Waals surface area contributed by atoms with Crippen LogP contribution in [0.4, 0.5) is 0 Å². The van der Waals surface area contributed by atoms with Crippen molar-refractivity contribution in [2.45, 2.75) is 80.7 Å². The van der Waals surface area contributed by atoms with Crippen LogP contribution < -0.4 is 0 Å². The molecule has 1 saturated heterocycles. The van der Waals surface area contributed by atoms with Gasteiger partial charge in [-0.1, -0.05) is 52.7 Å². The van der Waals surface area contributed by atoms with Crippen molar-refractivity contribution >= 4 is 0 Å². The Balaban J connectivity index is 2.99. The van der Waals surface area contributed by atoms with Gasteiger partial charge in [0.25, 0.3) is 0 Å². The summed E-state index contributed by atoms with van der Waals surface area (Å²) >= 11 is 0. The van der Waals surface area contributed by atoms with Crippen molar-refractivity contribution in [3.05, 3.63) is 11.1 Å². The van der Waals surface area contributed by atoms with Gasteiger partial charge in [0.05, 0.1) is 0 Å². The van der Waals surface area contributed by atoms with Gasteiger partial charge in [0.15, 0.2) is 0 Å². The molecule has 0 aromatic heterocycles. The fourth-order valence-corrected chi connectivity index (χ4v) is 3.88. The number of piperidine rings is 1. The number of hydrogen-bond donors (Lipinski definition) is 0. The summed E-state index contributed by atoms with van der Waals surface area (Å²) in [5.41, 5.74) is 4.30. The van der Waals surface area contributed by atoms with Crippen molar-refractivity contribution in [2.75, 3.05) is 13.1 Å². The highest BCUT2D eigenvalue weighted by molar-refractivity contribution is 5.27. The zero-order valence-corrected chi connectivity index (χ0v) is 14.8. The lowest BCUT2D eigenvalue weighted by molar-refractivity contribution is 0.124. The Labute approximate surface area is 121 Å². The molecule has 0 N–H and O–H groups in total. The van der Waals surface area contributed by atoms with E-state index in [-0.39, 0.29) is 10.8 Å². The summed E-state index contributed by atoms with van der Waals surface area (Å²) in [7, 11) is 0. The predicted molar refractivity (Wildman–Crippen MR) is 86.5 cm³/mol. The van der Waals surface area contributed by atoms with E-state index in [1.807, 2.05) is 0 Å². The molecule has 1 aliphatic rings. The highest BCUT2D eigenvalue weighted by Crippen LogP contribution is 2.44. The Hall–Kier alpha value is -0.300. The van der Waals surface area contributed by atoms with E-state index < -0.39 is 0 Å². The minimum Gasteiger partial charge on any atom is -0.298 e. The Kier molecular flexibility index (Phi) is 4.62. The molecular formula is C18H35N. The fraction of sp³-hybridized carbons (Fsp3) is 0.889. The van der Waals surface area contributed by atoms with Crippen LogP contribution in [0.25, 0.3) is 0 Å². The third-order valence-corrected chi connectivity index (χ3v) is 4.17. The second-order valence-corrected chi connectivity index (χ2v) is 9.14. The van der Waals surface area contributed by atoms with Crippen molar-refractivity contribution in [3.8, 4) is 0 Å². The van der Waals surface area contributed by atoms with Gasteiger partial charge in [-0.2, -0.15) is 0 Å². The lowest BCUT2D eigenvalue weighted by atomic mass is 9.68. The first kappa shape index (κ1) is 16.8. The van der Waals surface area contributed by atoms with Gasteiger partial charge >= 0.3 is 0 Å². The summed E-state index contributed by atoms with van der Waals surface area (Å²) in [6.45, 7) is 23.7. The maximum Gasteiger partial charge on any atom is 0.0125 e. The van der Waals surface area contributed by atoms with Gasteiger partial charge < -0.3 is 0 Å². The van der Waals surface area contributed by atoms with Crippen LogP contribution in [0, 0.1) is 10.8 Å². The quantitative estimate of drug-likeness (QED) is 0.539. The molecule has 0 radical (unpaired) electrons. The molecule has 0 saturated carbocycles. The van der Waals surface area contributed by atoms with E-state index in [4.69, 9.17) is 0 Å². The average Bonchev–Trinajstić information content (AvgIpc) is 2.12. The van der Waals surface area contributed by atoms with Gasteiger partial charge in [0.2, 0.25) is 0 Å². The normalized spacial score (nSPS) is 19.7. The molecule has 1 fully saturated rings. The van der Waals surface area contributed by atoms with Crippen molar-refractivity contribution in [3.63, 3.8) is 0 Å². The van der Waals surface area contributed by atoms with Gasteiger partial charge in [-0.25, -0.2) is 0 Å². The summed E-state index contributed by atoms with van der Waals surface area (Å²) in [6, 6.07) is 0. The van der Waals surface area contributed by atoms with Crippen LogP contribution in [0.15, 0.2) is 11.1 Å². The number of rotatable bonds is 0. The maximum absolute atomic E-state index is 2.62. The molecule has 19 heavy (non-hydrogen) atoms. The maximum atomic E-state index is 2.62. The first-order chi connectivity index (χ1) is 8.33. The lowest BCUT2D eigenvalue weighted by Crippen LogP contribution is -2.45. The molecular weight excluding hydrogens is 230 g/mol. The average molecular weight is 265 g/mol. The van der Waals surface area contributed by atoms with Gasteiger partial charge in [-0.3, -0.25) is 4.90 Å². The van der Waals surface area contributed by atoms with Crippen LogP contribution in [-0.4, -0.2) is 23.5 Å².